The smallest absolute Gasteiger partial charge is 0.278 e. The maximum Gasteiger partial charge on any atom is 0.278 e. The van der Waals surface area contributed by atoms with Gasteiger partial charge in [-0.25, -0.2) is 0 Å². The number of hydrogen-bond acceptors (Lipinski definition) is 4. The number of thioether (sulfide) groups is 1. The molecular formula is C24H26N2O2S. The number of benzene rings is 2. The van der Waals surface area contributed by atoms with Crippen molar-refractivity contribution >= 4 is 23.6 Å². The van der Waals surface area contributed by atoms with Gasteiger partial charge in [-0.3, -0.25) is 14.5 Å². The van der Waals surface area contributed by atoms with E-state index in [-0.39, 0.29) is 17.9 Å². The zero-order valence-electron chi connectivity index (χ0n) is 16.7. The quantitative estimate of drug-likeness (QED) is 0.701. The van der Waals surface area contributed by atoms with Crippen molar-refractivity contribution in [1.82, 2.24) is 10.2 Å². The molecule has 0 saturated heterocycles. The molecule has 1 aliphatic carbocycles. The highest BCUT2D eigenvalue weighted by molar-refractivity contribution is 8.04. The highest BCUT2D eigenvalue weighted by Gasteiger charge is 2.39. The molecule has 2 aromatic carbocycles. The van der Waals surface area contributed by atoms with Gasteiger partial charge in [-0.2, -0.15) is 0 Å². The van der Waals surface area contributed by atoms with Gasteiger partial charge in [-0.15, -0.1) is 0 Å². The SMILES string of the molecule is Cc1ccc(SC2=C(NC3CCCCC3)C(=O)N(Cc3ccccc3)C2=O)cc1. The van der Waals surface area contributed by atoms with E-state index >= 15 is 0 Å². The van der Waals surface area contributed by atoms with Crippen LogP contribution in [0.4, 0.5) is 0 Å². The fraction of sp³-hybridized carbons (Fsp3) is 0.333. The number of carbonyl (C=O) groups excluding carboxylic acids is 2. The first-order valence-corrected chi connectivity index (χ1v) is 11.1. The van der Waals surface area contributed by atoms with Gasteiger partial charge >= 0.3 is 0 Å². The molecule has 0 unspecified atom stereocenters. The molecule has 4 nitrogen and oxygen atoms in total. The fourth-order valence-corrected chi connectivity index (χ4v) is 4.81. The van der Waals surface area contributed by atoms with Gasteiger partial charge in [-0.1, -0.05) is 79.1 Å². The molecule has 1 saturated carbocycles. The van der Waals surface area contributed by atoms with Gasteiger partial charge in [0, 0.05) is 10.9 Å². The van der Waals surface area contributed by atoms with Crippen LogP contribution in [0.25, 0.3) is 0 Å². The number of nitrogens with one attached hydrogen (secondary N) is 1. The van der Waals surface area contributed by atoms with Crippen LogP contribution in [0, 0.1) is 6.92 Å². The van der Waals surface area contributed by atoms with Crippen molar-refractivity contribution < 1.29 is 9.59 Å². The van der Waals surface area contributed by atoms with E-state index in [9.17, 15) is 9.59 Å². The predicted molar refractivity (Wildman–Crippen MR) is 116 cm³/mol. The molecule has 4 rings (SSSR count). The molecule has 0 spiro atoms. The monoisotopic (exact) mass is 406 g/mol. The highest BCUT2D eigenvalue weighted by Crippen LogP contribution is 2.36. The molecule has 2 amide bonds. The van der Waals surface area contributed by atoms with Crippen molar-refractivity contribution in [3.63, 3.8) is 0 Å². The van der Waals surface area contributed by atoms with Gasteiger partial charge in [0.05, 0.1) is 6.54 Å². The number of aryl methyl sites for hydroxylation is 1. The first-order valence-electron chi connectivity index (χ1n) is 10.3. The molecule has 1 fully saturated rings. The minimum atomic E-state index is -0.209. The third kappa shape index (κ3) is 4.56. The van der Waals surface area contributed by atoms with Crippen molar-refractivity contribution in [2.24, 2.45) is 0 Å². The number of rotatable bonds is 6. The van der Waals surface area contributed by atoms with E-state index in [1.54, 1.807) is 0 Å². The molecule has 1 N–H and O–H groups in total. The summed E-state index contributed by atoms with van der Waals surface area (Å²) in [6.45, 7) is 2.34. The van der Waals surface area contributed by atoms with Crippen molar-refractivity contribution in [3.8, 4) is 0 Å². The van der Waals surface area contributed by atoms with E-state index in [1.165, 1.54) is 41.5 Å². The lowest BCUT2D eigenvalue weighted by Gasteiger charge is -2.24. The number of imide groups is 1. The average Bonchev–Trinajstić information content (AvgIpc) is 2.96. The minimum absolute atomic E-state index is 0.206. The third-order valence-corrected chi connectivity index (χ3v) is 6.59. The van der Waals surface area contributed by atoms with Gasteiger partial charge in [0.25, 0.3) is 11.8 Å². The molecule has 29 heavy (non-hydrogen) atoms. The summed E-state index contributed by atoms with van der Waals surface area (Å²) in [5.74, 6) is -0.415. The van der Waals surface area contributed by atoms with Crippen LogP contribution in [0.15, 0.2) is 70.1 Å². The Hall–Kier alpha value is -2.53. The maximum atomic E-state index is 13.2. The van der Waals surface area contributed by atoms with Crippen LogP contribution in [0.2, 0.25) is 0 Å². The van der Waals surface area contributed by atoms with E-state index in [4.69, 9.17) is 0 Å². The molecule has 2 aromatic rings. The standard InChI is InChI=1S/C24H26N2O2S/c1-17-12-14-20(15-13-17)29-22-21(25-19-10-6-3-7-11-19)23(27)26(24(22)28)16-18-8-4-2-5-9-18/h2,4-5,8-9,12-15,19,25H,3,6-7,10-11,16H2,1H3. The number of hydrogen-bond donors (Lipinski definition) is 1. The van der Waals surface area contributed by atoms with Crippen molar-refractivity contribution in [3.05, 3.63) is 76.3 Å². The lowest BCUT2D eigenvalue weighted by molar-refractivity contribution is -0.138. The van der Waals surface area contributed by atoms with Crippen LogP contribution < -0.4 is 5.32 Å². The van der Waals surface area contributed by atoms with Crippen LogP contribution >= 0.6 is 11.8 Å². The Morgan fingerprint density at radius 1 is 0.931 bits per heavy atom. The lowest BCUT2D eigenvalue weighted by atomic mass is 9.95. The summed E-state index contributed by atoms with van der Waals surface area (Å²) < 4.78 is 0. The van der Waals surface area contributed by atoms with Crippen LogP contribution in [0.5, 0.6) is 0 Å². The van der Waals surface area contributed by atoms with Gasteiger partial charge in [0.1, 0.15) is 10.6 Å². The van der Waals surface area contributed by atoms with E-state index in [1.807, 2.05) is 61.5 Å². The molecular weight excluding hydrogens is 380 g/mol. The molecule has 150 valence electrons. The Morgan fingerprint density at radius 3 is 2.31 bits per heavy atom. The van der Waals surface area contributed by atoms with Crippen molar-refractivity contribution in [2.75, 3.05) is 0 Å². The van der Waals surface area contributed by atoms with Gasteiger partial charge < -0.3 is 5.32 Å². The lowest BCUT2D eigenvalue weighted by Crippen LogP contribution is -2.37. The molecule has 1 heterocycles. The van der Waals surface area contributed by atoms with Gasteiger partial charge in [-0.05, 0) is 37.5 Å². The molecule has 5 heteroatoms. The summed E-state index contributed by atoms with van der Waals surface area (Å²) in [5, 5.41) is 3.44. The summed E-state index contributed by atoms with van der Waals surface area (Å²) in [6.07, 6.45) is 5.68. The number of carbonyl (C=O) groups is 2. The zero-order valence-corrected chi connectivity index (χ0v) is 17.5. The van der Waals surface area contributed by atoms with Crippen molar-refractivity contribution in [1.29, 1.82) is 0 Å². The summed E-state index contributed by atoms with van der Waals surface area (Å²) in [7, 11) is 0. The second-order valence-corrected chi connectivity index (χ2v) is 8.86. The zero-order chi connectivity index (χ0) is 20.2. The average molecular weight is 407 g/mol. The topological polar surface area (TPSA) is 49.4 Å². The van der Waals surface area contributed by atoms with Gasteiger partial charge in [0.2, 0.25) is 0 Å². The van der Waals surface area contributed by atoms with Crippen LogP contribution in [-0.2, 0) is 16.1 Å². The largest absolute Gasteiger partial charge is 0.377 e. The normalized spacial score (nSPS) is 17.9. The van der Waals surface area contributed by atoms with E-state index in [0.717, 1.165) is 23.3 Å². The summed E-state index contributed by atoms with van der Waals surface area (Å²) in [6, 6.07) is 18.0. The van der Waals surface area contributed by atoms with E-state index < -0.39 is 0 Å². The highest BCUT2D eigenvalue weighted by atomic mass is 32.2. The fourth-order valence-electron chi connectivity index (χ4n) is 3.86. The number of nitrogens with zero attached hydrogens (tertiary/aromatic N) is 1. The van der Waals surface area contributed by atoms with Crippen LogP contribution in [0.3, 0.4) is 0 Å². The third-order valence-electron chi connectivity index (χ3n) is 5.50. The maximum absolute atomic E-state index is 13.2. The molecule has 0 aromatic heterocycles. The predicted octanol–water partition coefficient (Wildman–Crippen LogP) is 4.79. The first-order chi connectivity index (χ1) is 14.1. The summed E-state index contributed by atoms with van der Waals surface area (Å²) in [5.41, 5.74) is 2.60. The minimum Gasteiger partial charge on any atom is -0.377 e. The molecule has 1 aliphatic heterocycles. The molecule has 0 bridgehead atoms. The Labute approximate surface area is 176 Å². The molecule has 2 aliphatic rings. The Kier molecular flexibility index (Phi) is 6.05. The van der Waals surface area contributed by atoms with Crippen LogP contribution in [0.1, 0.15) is 43.2 Å². The Morgan fingerprint density at radius 2 is 1.62 bits per heavy atom. The second-order valence-electron chi connectivity index (χ2n) is 7.78. The Bertz CT molecular complexity index is 916. The number of amides is 2. The summed E-state index contributed by atoms with van der Waals surface area (Å²) in [4.78, 5) is 29.3. The van der Waals surface area contributed by atoms with Crippen LogP contribution in [-0.4, -0.2) is 22.8 Å². The first kappa shape index (κ1) is 19.8. The van der Waals surface area contributed by atoms with E-state index in [2.05, 4.69) is 5.32 Å². The van der Waals surface area contributed by atoms with Crippen molar-refractivity contribution in [2.45, 2.75) is 56.5 Å². The summed E-state index contributed by atoms with van der Waals surface area (Å²) >= 11 is 1.39. The second kappa shape index (κ2) is 8.87. The molecule has 0 atom stereocenters. The van der Waals surface area contributed by atoms with E-state index in [0.29, 0.717) is 17.1 Å². The molecule has 0 radical (unpaired) electrons. The Balaban J connectivity index is 1.61. The van der Waals surface area contributed by atoms with Gasteiger partial charge in [0.15, 0.2) is 0 Å².